The molecule has 18 heteroatoms. The SMILES string of the molecule is COC(=O)/C=C/C=C/c1ccc(C(=O)OC(C)(C)C)cc1.COC(=O)CCCCc1ccc(C(=O)O)cc1C.COC(=O)CCCCc1ccc(C(=O)OC(C)(C)C)cc1C.Cc1cc(C(=O)O)ccc1Br.Cc1cc(C(=O)OC(C)(C)C)ccc1Br. The van der Waals surface area contributed by atoms with E-state index in [9.17, 15) is 38.4 Å². The van der Waals surface area contributed by atoms with Crippen molar-refractivity contribution in [1.82, 2.24) is 0 Å². The number of allylic oxidation sites excluding steroid dienone is 2. The molecule has 5 aromatic carbocycles. The summed E-state index contributed by atoms with van der Waals surface area (Å²) in [6, 6.07) is 28.2. The summed E-state index contributed by atoms with van der Waals surface area (Å²) in [7, 11) is 4.12. The van der Waals surface area contributed by atoms with Crippen LogP contribution in [-0.2, 0) is 55.6 Å². The first-order valence-electron chi connectivity index (χ1n) is 28.0. The number of carbonyl (C=O) groups excluding carboxylic acids is 6. The maximum Gasteiger partial charge on any atom is 0.338 e. The Morgan fingerprint density at radius 3 is 1.11 bits per heavy atom. The lowest BCUT2D eigenvalue weighted by atomic mass is 10.00. The summed E-state index contributed by atoms with van der Waals surface area (Å²) in [5.41, 5.74) is 8.11. The van der Waals surface area contributed by atoms with E-state index in [0.29, 0.717) is 40.7 Å². The third kappa shape index (κ3) is 33.7. The second kappa shape index (κ2) is 38.5. The fourth-order valence-electron chi connectivity index (χ4n) is 7.25. The van der Waals surface area contributed by atoms with Crippen LogP contribution in [-0.4, -0.2) is 96.1 Å². The van der Waals surface area contributed by atoms with Gasteiger partial charge in [0.1, 0.15) is 16.8 Å². The highest BCUT2D eigenvalue weighted by Crippen LogP contribution is 2.22. The first-order valence-corrected chi connectivity index (χ1v) is 29.6. The molecule has 2 N–H and O–H groups in total. The molecular weight excluding hydrogens is 1240 g/mol. The Labute approximate surface area is 530 Å². The van der Waals surface area contributed by atoms with Gasteiger partial charge in [0, 0.05) is 27.9 Å². The Morgan fingerprint density at radius 1 is 0.425 bits per heavy atom. The van der Waals surface area contributed by atoms with Crippen molar-refractivity contribution in [2.75, 3.05) is 21.3 Å². The van der Waals surface area contributed by atoms with E-state index >= 15 is 0 Å². The number of benzene rings is 5. The van der Waals surface area contributed by atoms with Crippen molar-refractivity contribution >= 4 is 85.7 Å². The van der Waals surface area contributed by atoms with Crippen molar-refractivity contribution in [3.63, 3.8) is 0 Å². The molecule has 87 heavy (non-hydrogen) atoms. The second-order valence-corrected chi connectivity index (χ2v) is 24.5. The van der Waals surface area contributed by atoms with Gasteiger partial charge in [0.15, 0.2) is 0 Å². The van der Waals surface area contributed by atoms with Crippen LogP contribution in [0, 0.1) is 27.7 Å². The minimum Gasteiger partial charge on any atom is -0.478 e. The van der Waals surface area contributed by atoms with Gasteiger partial charge in [-0.1, -0.05) is 74.4 Å². The van der Waals surface area contributed by atoms with Crippen LogP contribution in [0.2, 0.25) is 0 Å². The third-order valence-corrected chi connectivity index (χ3v) is 13.5. The molecule has 0 aliphatic carbocycles. The molecule has 0 aliphatic rings. The van der Waals surface area contributed by atoms with Crippen LogP contribution >= 0.6 is 31.9 Å². The maximum atomic E-state index is 12.0. The number of carboxylic acids is 2. The number of hydrogen-bond acceptors (Lipinski definition) is 14. The number of hydrogen-bond donors (Lipinski definition) is 2. The number of halogens is 2. The van der Waals surface area contributed by atoms with Crippen LogP contribution in [0.3, 0.4) is 0 Å². The first-order chi connectivity index (χ1) is 40.5. The van der Waals surface area contributed by atoms with Crippen LogP contribution in [0.4, 0.5) is 0 Å². The molecular formula is C69H86Br2O16. The standard InChI is InChI=1S/C18H26O4.C17H20O4.C14H18O4.C12H15BrO2.C8H7BrO2/c1-13-12-15(17(20)22-18(2,3)4)11-10-14(13)8-6-7-9-16(19)21-5;1-17(2,3)21-16(19)14-11-9-13(10-12-14)7-5-6-8-15(18)20-4;1-10-9-12(14(16)17)8-7-11(10)5-3-4-6-13(15)18-2;1-8-7-9(5-6-10(8)13)11(14)15-12(2,3)4;1-5-4-6(8(10)11)2-3-7(5)9/h10-12H,6-9H2,1-5H3;5-12H,1-4H3;7-9H,3-6H2,1-2H3,(H,16,17);5-7H,1-4H3;2-4H,1H3,(H,10,11)/b;7-5+,8-6+;;;. The Kier molecular flexibility index (Phi) is 34.2. The maximum absolute atomic E-state index is 12.0. The van der Waals surface area contributed by atoms with Crippen molar-refractivity contribution in [2.24, 2.45) is 0 Å². The van der Waals surface area contributed by atoms with E-state index in [1.54, 1.807) is 66.7 Å². The Balaban J connectivity index is 0.000000553. The highest BCUT2D eigenvalue weighted by Gasteiger charge is 2.20. The molecule has 5 aromatic rings. The smallest absolute Gasteiger partial charge is 0.338 e. The molecule has 0 spiro atoms. The Hall–Kier alpha value is -7.70. The topological polar surface area (TPSA) is 232 Å². The lowest BCUT2D eigenvalue weighted by molar-refractivity contribution is -0.141. The molecule has 0 heterocycles. The minimum atomic E-state index is -0.907. The van der Waals surface area contributed by atoms with Crippen LogP contribution < -0.4 is 0 Å². The lowest BCUT2D eigenvalue weighted by Crippen LogP contribution is -2.24. The largest absolute Gasteiger partial charge is 0.478 e. The molecule has 0 bridgehead atoms. The second-order valence-electron chi connectivity index (χ2n) is 22.8. The number of ether oxygens (including phenoxy) is 6. The fraction of sp³-hybridized carbons (Fsp3) is 0.391. The van der Waals surface area contributed by atoms with Gasteiger partial charge in [-0.15, -0.1) is 0 Å². The summed E-state index contributed by atoms with van der Waals surface area (Å²) >= 11 is 6.67. The summed E-state index contributed by atoms with van der Waals surface area (Å²) in [5, 5.41) is 17.4. The molecule has 472 valence electrons. The van der Waals surface area contributed by atoms with Gasteiger partial charge in [-0.05, 0) is 240 Å². The molecule has 16 nitrogen and oxygen atoms in total. The van der Waals surface area contributed by atoms with Crippen LogP contribution in [0.25, 0.3) is 6.08 Å². The number of aryl methyl sites for hydroxylation is 6. The average Bonchev–Trinajstić information content (AvgIpc) is 3.00. The quantitative estimate of drug-likeness (QED) is 0.0273. The third-order valence-electron chi connectivity index (χ3n) is 11.8. The number of carbonyl (C=O) groups is 8. The molecule has 0 saturated heterocycles. The van der Waals surface area contributed by atoms with Crippen molar-refractivity contribution in [3.8, 4) is 0 Å². The van der Waals surface area contributed by atoms with Crippen molar-refractivity contribution in [3.05, 3.63) is 191 Å². The zero-order valence-corrected chi connectivity index (χ0v) is 56.2. The molecule has 0 aromatic heterocycles. The first kappa shape index (κ1) is 77.3. The van der Waals surface area contributed by atoms with Gasteiger partial charge < -0.3 is 38.6 Å². The monoisotopic (exact) mass is 1330 g/mol. The highest BCUT2D eigenvalue weighted by molar-refractivity contribution is 9.10. The van der Waals surface area contributed by atoms with Crippen molar-refractivity contribution in [2.45, 2.75) is 158 Å². The summed E-state index contributed by atoms with van der Waals surface area (Å²) < 4.78 is 31.5. The van der Waals surface area contributed by atoms with Gasteiger partial charge in [0.2, 0.25) is 0 Å². The number of methoxy groups -OCH3 is 3. The lowest BCUT2D eigenvalue weighted by Gasteiger charge is -2.19. The predicted molar refractivity (Wildman–Crippen MR) is 345 cm³/mol. The molecule has 0 atom stereocenters. The van der Waals surface area contributed by atoms with E-state index in [2.05, 4.69) is 46.1 Å². The van der Waals surface area contributed by atoms with E-state index in [0.717, 1.165) is 80.9 Å². The normalized spacial score (nSPS) is 10.9. The van der Waals surface area contributed by atoms with E-state index in [1.807, 2.05) is 139 Å². The van der Waals surface area contributed by atoms with Crippen molar-refractivity contribution in [1.29, 1.82) is 0 Å². The minimum absolute atomic E-state index is 0.169. The van der Waals surface area contributed by atoms with Crippen LogP contribution in [0.5, 0.6) is 0 Å². The van der Waals surface area contributed by atoms with E-state index < -0.39 is 34.7 Å². The number of carboxylic acid groups (broad SMARTS) is 2. The summed E-state index contributed by atoms with van der Waals surface area (Å²) in [4.78, 5) is 89.6. The summed E-state index contributed by atoms with van der Waals surface area (Å²) in [6.45, 7) is 24.3. The summed E-state index contributed by atoms with van der Waals surface area (Å²) in [6.07, 6.45) is 12.5. The Morgan fingerprint density at radius 2 is 0.759 bits per heavy atom. The van der Waals surface area contributed by atoms with Gasteiger partial charge in [-0.3, -0.25) is 9.59 Å². The van der Waals surface area contributed by atoms with Crippen LogP contribution in [0.15, 0.2) is 124 Å². The number of aromatic carboxylic acids is 2. The fourth-order valence-corrected chi connectivity index (χ4v) is 7.74. The predicted octanol–water partition coefficient (Wildman–Crippen LogP) is 16.0. The molecule has 0 radical (unpaired) electrons. The molecule has 0 unspecified atom stereocenters. The Bertz CT molecular complexity index is 3150. The zero-order valence-electron chi connectivity index (χ0n) is 53.1. The van der Waals surface area contributed by atoms with Gasteiger partial charge >= 0.3 is 47.8 Å². The summed E-state index contributed by atoms with van der Waals surface area (Å²) in [5.74, 6) is -3.48. The van der Waals surface area contributed by atoms with E-state index in [1.165, 1.54) is 33.0 Å². The average molecular weight is 1330 g/mol. The number of unbranched alkanes of at least 4 members (excludes halogenated alkanes) is 2. The molecule has 5 rings (SSSR count). The number of esters is 6. The molecule has 0 fully saturated rings. The van der Waals surface area contributed by atoms with Crippen molar-refractivity contribution < 1.29 is 77.0 Å². The van der Waals surface area contributed by atoms with Gasteiger partial charge in [0.25, 0.3) is 0 Å². The molecule has 0 saturated carbocycles. The van der Waals surface area contributed by atoms with Gasteiger partial charge in [0.05, 0.1) is 49.1 Å². The zero-order chi connectivity index (χ0) is 66.2. The van der Waals surface area contributed by atoms with E-state index in [4.69, 9.17) is 24.4 Å². The van der Waals surface area contributed by atoms with E-state index in [-0.39, 0.29) is 29.8 Å². The highest BCUT2D eigenvalue weighted by atomic mass is 79.9. The molecule has 0 aliphatic heterocycles. The number of rotatable bonds is 18. The van der Waals surface area contributed by atoms with Crippen LogP contribution in [0.1, 0.15) is 192 Å². The van der Waals surface area contributed by atoms with Gasteiger partial charge in [-0.2, -0.15) is 0 Å². The molecule has 0 amide bonds. The van der Waals surface area contributed by atoms with Gasteiger partial charge in [-0.25, -0.2) is 28.8 Å².